The minimum atomic E-state index is -0.127. The van der Waals surface area contributed by atoms with Gasteiger partial charge >= 0.3 is 0 Å². The molecule has 1 atom stereocenters. The average molecular weight is 388 g/mol. The van der Waals surface area contributed by atoms with Crippen molar-refractivity contribution < 1.29 is 14.3 Å². The molecule has 1 aromatic carbocycles. The SMILES string of the molecule is Cc1cc(N)nc(SCC(=O)NC(c2ccc3c(c2)OCCO3)C(C)C)n1. The van der Waals surface area contributed by atoms with Gasteiger partial charge in [-0.2, -0.15) is 0 Å². The topological polar surface area (TPSA) is 99.4 Å². The maximum absolute atomic E-state index is 12.5. The minimum absolute atomic E-state index is 0.0859. The van der Waals surface area contributed by atoms with Crippen molar-refractivity contribution >= 4 is 23.5 Å². The molecule has 0 saturated heterocycles. The lowest BCUT2D eigenvalue weighted by Gasteiger charge is -2.25. The van der Waals surface area contributed by atoms with Crippen LogP contribution in [0.25, 0.3) is 0 Å². The summed E-state index contributed by atoms with van der Waals surface area (Å²) in [4.78, 5) is 20.9. The van der Waals surface area contributed by atoms with Crippen LogP contribution in [0, 0.1) is 12.8 Å². The molecule has 0 spiro atoms. The number of nitrogen functional groups attached to an aromatic ring is 1. The van der Waals surface area contributed by atoms with E-state index in [-0.39, 0.29) is 23.6 Å². The number of fused-ring (bicyclic) bond motifs is 1. The third-order valence-electron chi connectivity index (χ3n) is 4.09. The monoisotopic (exact) mass is 388 g/mol. The number of hydrogen-bond donors (Lipinski definition) is 2. The van der Waals surface area contributed by atoms with Crippen LogP contribution in [0.4, 0.5) is 5.82 Å². The number of aromatic nitrogens is 2. The predicted octanol–water partition coefficient (Wildman–Crippen LogP) is 2.74. The van der Waals surface area contributed by atoms with E-state index in [1.807, 2.05) is 25.1 Å². The molecular formula is C19H24N4O3S. The number of amides is 1. The Morgan fingerprint density at radius 3 is 2.67 bits per heavy atom. The highest BCUT2D eigenvalue weighted by Gasteiger charge is 2.21. The molecule has 0 aliphatic carbocycles. The first-order valence-electron chi connectivity index (χ1n) is 8.85. The van der Waals surface area contributed by atoms with E-state index in [1.165, 1.54) is 11.8 Å². The Morgan fingerprint density at radius 1 is 1.22 bits per heavy atom. The summed E-state index contributed by atoms with van der Waals surface area (Å²) in [6.45, 7) is 7.07. The number of anilines is 1. The van der Waals surface area contributed by atoms with Gasteiger partial charge < -0.3 is 20.5 Å². The summed E-state index contributed by atoms with van der Waals surface area (Å²) in [6, 6.07) is 7.37. The lowest BCUT2D eigenvalue weighted by atomic mass is 9.95. The number of ether oxygens (including phenoxy) is 2. The fraction of sp³-hybridized carbons (Fsp3) is 0.421. The van der Waals surface area contributed by atoms with Gasteiger partial charge in [0.2, 0.25) is 5.91 Å². The number of nitrogens with zero attached hydrogens (tertiary/aromatic N) is 2. The molecule has 2 heterocycles. The van der Waals surface area contributed by atoms with Crippen LogP contribution >= 0.6 is 11.8 Å². The van der Waals surface area contributed by atoms with E-state index >= 15 is 0 Å². The van der Waals surface area contributed by atoms with Gasteiger partial charge in [-0.3, -0.25) is 4.79 Å². The summed E-state index contributed by atoms with van der Waals surface area (Å²) in [5.74, 6) is 2.21. The molecule has 0 fully saturated rings. The maximum Gasteiger partial charge on any atom is 0.230 e. The summed E-state index contributed by atoms with van der Waals surface area (Å²) in [6.07, 6.45) is 0. The van der Waals surface area contributed by atoms with Crippen LogP contribution < -0.4 is 20.5 Å². The Morgan fingerprint density at radius 2 is 1.96 bits per heavy atom. The molecule has 0 bridgehead atoms. The number of rotatable bonds is 6. The minimum Gasteiger partial charge on any atom is -0.486 e. The van der Waals surface area contributed by atoms with Gasteiger partial charge in [0.05, 0.1) is 11.8 Å². The number of benzene rings is 1. The molecule has 3 rings (SSSR count). The number of hydrogen-bond acceptors (Lipinski definition) is 7. The third-order valence-corrected chi connectivity index (χ3v) is 4.94. The first-order chi connectivity index (χ1) is 12.9. The van der Waals surface area contributed by atoms with Crippen molar-refractivity contribution in [3.63, 3.8) is 0 Å². The van der Waals surface area contributed by atoms with Crippen LogP contribution in [0.3, 0.4) is 0 Å². The van der Waals surface area contributed by atoms with Crippen molar-refractivity contribution in [2.45, 2.75) is 32.0 Å². The normalized spacial score (nSPS) is 14.1. The van der Waals surface area contributed by atoms with Crippen molar-refractivity contribution in [3.8, 4) is 11.5 Å². The Kier molecular flexibility index (Phi) is 6.05. The third kappa shape index (κ3) is 5.03. The van der Waals surface area contributed by atoms with Gasteiger partial charge in [0.1, 0.15) is 19.0 Å². The van der Waals surface area contributed by atoms with Crippen LogP contribution in [-0.4, -0.2) is 34.8 Å². The van der Waals surface area contributed by atoms with Crippen molar-refractivity contribution in [2.75, 3.05) is 24.7 Å². The number of thioether (sulfide) groups is 1. The van der Waals surface area contributed by atoms with E-state index < -0.39 is 0 Å². The lowest BCUT2D eigenvalue weighted by Crippen LogP contribution is -2.33. The molecular weight excluding hydrogens is 364 g/mol. The van der Waals surface area contributed by atoms with Crippen LogP contribution in [0.1, 0.15) is 31.1 Å². The maximum atomic E-state index is 12.5. The summed E-state index contributed by atoms with van der Waals surface area (Å²) in [5, 5.41) is 3.60. The van der Waals surface area contributed by atoms with E-state index in [0.29, 0.717) is 24.2 Å². The van der Waals surface area contributed by atoms with Crippen molar-refractivity contribution in [2.24, 2.45) is 5.92 Å². The summed E-state index contributed by atoms with van der Waals surface area (Å²) < 4.78 is 11.2. The fourth-order valence-corrected chi connectivity index (χ4v) is 3.58. The van der Waals surface area contributed by atoms with Crippen LogP contribution in [0.5, 0.6) is 11.5 Å². The average Bonchev–Trinajstić information content (AvgIpc) is 2.63. The second-order valence-electron chi connectivity index (χ2n) is 6.70. The van der Waals surface area contributed by atoms with E-state index in [0.717, 1.165) is 22.8 Å². The van der Waals surface area contributed by atoms with E-state index in [4.69, 9.17) is 15.2 Å². The highest BCUT2D eigenvalue weighted by atomic mass is 32.2. The Hall–Kier alpha value is -2.48. The van der Waals surface area contributed by atoms with E-state index in [2.05, 4.69) is 29.1 Å². The predicted molar refractivity (Wildman–Crippen MR) is 105 cm³/mol. The second-order valence-corrected chi connectivity index (χ2v) is 7.64. The van der Waals surface area contributed by atoms with Gasteiger partial charge in [-0.15, -0.1) is 0 Å². The van der Waals surface area contributed by atoms with E-state index in [9.17, 15) is 4.79 Å². The molecule has 8 heteroatoms. The molecule has 7 nitrogen and oxygen atoms in total. The van der Waals surface area contributed by atoms with Gasteiger partial charge in [0, 0.05) is 11.8 Å². The molecule has 1 unspecified atom stereocenters. The number of nitrogens with two attached hydrogens (primary N) is 1. The molecule has 0 radical (unpaired) electrons. The van der Waals surface area contributed by atoms with Crippen LogP contribution in [0.2, 0.25) is 0 Å². The second kappa shape index (κ2) is 8.47. The molecule has 3 N–H and O–H groups in total. The van der Waals surface area contributed by atoms with Gasteiger partial charge in [0.25, 0.3) is 0 Å². The molecule has 27 heavy (non-hydrogen) atoms. The lowest BCUT2D eigenvalue weighted by molar-refractivity contribution is -0.119. The Labute approximate surface area is 163 Å². The molecule has 144 valence electrons. The van der Waals surface area contributed by atoms with Crippen molar-refractivity contribution in [3.05, 3.63) is 35.5 Å². The number of carbonyl (C=O) groups excluding carboxylic acids is 1. The van der Waals surface area contributed by atoms with Crippen molar-refractivity contribution in [1.29, 1.82) is 0 Å². The first-order valence-corrected chi connectivity index (χ1v) is 9.84. The molecule has 1 aliphatic heterocycles. The Balaban J connectivity index is 1.66. The van der Waals surface area contributed by atoms with Gasteiger partial charge in [-0.1, -0.05) is 31.7 Å². The zero-order chi connectivity index (χ0) is 19.4. The number of nitrogens with one attached hydrogen (secondary N) is 1. The highest BCUT2D eigenvalue weighted by Crippen LogP contribution is 2.34. The quantitative estimate of drug-likeness (QED) is 0.580. The van der Waals surface area contributed by atoms with Crippen LogP contribution in [-0.2, 0) is 4.79 Å². The van der Waals surface area contributed by atoms with Gasteiger partial charge in [-0.05, 0) is 30.5 Å². The fourth-order valence-electron chi connectivity index (χ4n) is 2.86. The largest absolute Gasteiger partial charge is 0.486 e. The zero-order valence-corrected chi connectivity index (χ0v) is 16.5. The molecule has 0 saturated carbocycles. The number of carbonyl (C=O) groups is 1. The zero-order valence-electron chi connectivity index (χ0n) is 15.7. The van der Waals surface area contributed by atoms with Gasteiger partial charge in [-0.25, -0.2) is 9.97 Å². The highest BCUT2D eigenvalue weighted by molar-refractivity contribution is 7.99. The summed E-state index contributed by atoms with van der Waals surface area (Å²) in [5.41, 5.74) is 7.50. The van der Waals surface area contributed by atoms with Crippen molar-refractivity contribution in [1.82, 2.24) is 15.3 Å². The molecule has 1 aromatic heterocycles. The molecule has 1 aliphatic rings. The standard InChI is InChI=1S/C19H24N4O3S/c1-11(2)18(13-4-5-14-15(9-13)26-7-6-25-14)23-17(24)10-27-19-21-12(3)8-16(20)22-19/h4-5,8-9,11,18H,6-7,10H2,1-3H3,(H,23,24)(H2,20,21,22). The summed E-state index contributed by atoms with van der Waals surface area (Å²) in [7, 11) is 0. The van der Waals surface area contributed by atoms with Crippen LogP contribution in [0.15, 0.2) is 29.4 Å². The molecule has 2 aromatic rings. The smallest absolute Gasteiger partial charge is 0.230 e. The summed E-state index contributed by atoms with van der Waals surface area (Å²) >= 11 is 1.27. The first kappa shape index (κ1) is 19.3. The van der Waals surface area contributed by atoms with E-state index in [1.54, 1.807) is 6.07 Å². The molecule has 1 amide bonds. The van der Waals surface area contributed by atoms with Gasteiger partial charge in [0.15, 0.2) is 16.7 Å². The Bertz CT molecular complexity index is 808. The number of aryl methyl sites for hydroxylation is 1.